The molecule has 1 rings (SSSR count). The zero-order valence-electron chi connectivity index (χ0n) is 8.56. The minimum absolute atomic E-state index is 0.557. The van der Waals surface area contributed by atoms with Gasteiger partial charge < -0.3 is 5.11 Å². The summed E-state index contributed by atoms with van der Waals surface area (Å²) in [5.41, 5.74) is -0.935. The van der Waals surface area contributed by atoms with E-state index in [1.807, 2.05) is 0 Å². The molecule has 0 bridgehead atoms. The molecule has 1 N–H and O–H groups in total. The van der Waals surface area contributed by atoms with Gasteiger partial charge in [0, 0.05) is 0 Å². The molecule has 0 saturated heterocycles. The van der Waals surface area contributed by atoms with Crippen LogP contribution < -0.4 is 0 Å². The average molecular weight is 189 g/mol. The van der Waals surface area contributed by atoms with Crippen LogP contribution >= 0.6 is 0 Å². The third-order valence-corrected chi connectivity index (χ3v) is 3.05. The molecule has 0 atom stereocenters. The molecule has 0 amide bonds. The third-order valence-electron chi connectivity index (χ3n) is 3.05. The first-order valence-corrected chi connectivity index (χ1v) is 5.48. The summed E-state index contributed by atoms with van der Waals surface area (Å²) < 4.78 is 12.2. The van der Waals surface area contributed by atoms with Crippen LogP contribution in [0.15, 0.2) is 0 Å². The molecule has 1 aliphatic rings. The molecule has 1 aliphatic carbocycles. The van der Waals surface area contributed by atoms with Crippen molar-refractivity contribution < 1.29 is 9.50 Å². The first-order chi connectivity index (χ1) is 6.20. The van der Waals surface area contributed by atoms with Crippen LogP contribution in [-0.4, -0.2) is 17.4 Å². The second-order valence-corrected chi connectivity index (χ2v) is 4.48. The van der Waals surface area contributed by atoms with Crippen LogP contribution in [0.2, 0.25) is 0 Å². The Bertz CT molecular complexity index is 141. The van der Waals surface area contributed by atoms with E-state index in [4.69, 9.17) is 0 Å². The smallest absolute Gasteiger partial charge is 0.118 e. The van der Waals surface area contributed by atoms with Gasteiger partial charge in [-0.25, -0.2) is 4.39 Å². The van der Waals surface area contributed by atoms with Gasteiger partial charge >= 0.3 is 0 Å². The van der Waals surface area contributed by atoms with E-state index in [1.54, 1.807) is 0 Å². The van der Waals surface area contributed by atoms with E-state index in [0.717, 1.165) is 0 Å². The van der Waals surface area contributed by atoms with Crippen molar-refractivity contribution in [1.29, 1.82) is 0 Å². The van der Waals surface area contributed by atoms with Crippen molar-refractivity contribution in [3.8, 4) is 0 Å². The van der Waals surface area contributed by atoms with E-state index in [1.165, 1.54) is 32.1 Å². The quantitative estimate of drug-likeness (QED) is 0.503. The number of hydrogen-bond donors (Lipinski definition) is 1. The van der Waals surface area contributed by atoms with Crippen LogP contribution in [-0.2, 0) is 0 Å². The van der Waals surface area contributed by atoms with Crippen molar-refractivity contribution in [2.45, 2.75) is 57.5 Å². The lowest BCUT2D eigenvalue weighted by atomic mass is 9.73. The molecular weight excluding hydrogens is 168 g/mol. The molecule has 0 radical (unpaired) electrons. The predicted octanol–water partition coefficient (Wildman–Crippen LogP) is 3.07. The largest absolute Gasteiger partial charge is 0.387 e. The maximum absolute atomic E-state index is 12.2. The molecule has 1 fully saturated rings. The minimum Gasteiger partial charge on any atom is -0.387 e. The lowest BCUT2D eigenvalue weighted by Crippen LogP contribution is -2.45. The highest BCUT2D eigenvalue weighted by Crippen LogP contribution is 2.40. The molecule has 0 aromatic carbocycles. The van der Waals surface area contributed by atoms with E-state index in [9.17, 15) is 9.50 Å². The van der Waals surface area contributed by atoms with Crippen molar-refractivity contribution in [2.24, 2.45) is 5.92 Å². The number of alkyl halides is 1. The average Bonchev–Trinajstić information content (AvgIpc) is 2.08. The Kier molecular flexibility index (Phi) is 4.17. The topological polar surface area (TPSA) is 20.2 Å². The van der Waals surface area contributed by atoms with E-state index in [0.29, 0.717) is 18.8 Å². The first-order valence-electron chi connectivity index (χ1n) is 5.48. The lowest BCUT2D eigenvalue weighted by Gasteiger charge is -2.41. The van der Waals surface area contributed by atoms with Gasteiger partial charge in [-0.3, -0.25) is 0 Å². The second-order valence-electron chi connectivity index (χ2n) is 4.48. The summed E-state index contributed by atoms with van der Waals surface area (Å²) in [6.45, 7) is 1.64. The Hall–Kier alpha value is -0.110. The van der Waals surface area contributed by atoms with Gasteiger partial charge in [-0.15, -0.1) is 0 Å². The van der Waals surface area contributed by atoms with Crippen LogP contribution in [0.4, 0.5) is 4.39 Å². The Labute approximate surface area is 80.3 Å². The van der Waals surface area contributed by atoms with E-state index < -0.39 is 12.3 Å². The van der Waals surface area contributed by atoms with Gasteiger partial charge in [-0.05, 0) is 18.8 Å². The number of aliphatic hydroxyl groups is 1. The molecule has 0 aliphatic heterocycles. The molecule has 1 nitrogen and oxygen atoms in total. The van der Waals surface area contributed by atoms with Crippen molar-refractivity contribution in [1.82, 2.24) is 0 Å². The molecule has 13 heavy (non-hydrogen) atoms. The monoisotopic (exact) mass is 189 g/mol. The number of unbranched alkanes of at least 4 members (excludes halogenated alkanes) is 3. The maximum atomic E-state index is 12.2. The highest BCUT2D eigenvalue weighted by molar-refractivity contribution is 4.93. The third kappa shape index (κ3) is 3.26. The fourth-order valence-corrected chi connectivity index (χ4v) is 2.19. The van der Waals surface area contributed by atoms with Crippen LogP contribution in [0.5, 0.6) is 0 Å². The van der Waals surface area contributed by atoms with Crippen molar-refractivity contribution in [3.63, 3.8) is 0 Å². The van der Waals surface area contributed by atoms with E-state index >= 15 is 0 Å². The summed E-state index contributed by atoms with van der Waals surface area (Å²) in [6.07, 6.45) is 7.68. The van der Waals surface area contributed by atoms with Gasteiger partial charge in [0.25, 0.3) is 0 Å². The van der Waals surface area contributed by atoms with Crippen LogP contribution in [0.3, 0.4) is 0 Å². The van der Waals surface area contributed by atoms with Gasteiger partial charge in [-0.2, -0.15) is 0 Å². The summed E-state index contributed by atoms with van der Waals surface area (Å²) >= 11 is 0. The zero-order chi connectivity index (χ0) is 9.73. The van der Waals surface area contributed by atoms with Gasteiger partial charge in [0.05, 0.1) is 5.60 Å². The molecular formula is C11H21FO. The molecule has 78 valence electrons. The number of hydrogen-bond acceptors (Lipinski definition) is 1. The van der Waals surface area contributed by atoms with Gasteiger partial charge in [0.1, 0.15) is 6.67 Å². The Morgan fingerprint density at radius 1 is 1.31 bits per heavy atom. The normalized spacial score (nSPS) is 33.0. The van der Waals surface area contributed by atoms with Gasteiger partial charge in [0.15, 0.2) is 0 Å². The minimum atomic E-state index is -0.935. The standard InChI is InChI=1S/C11H21FO/c1-2-3-4-5-6-10-7-11(13,8-10)9-12/h10,13H,2-9H2,1H3/i9+1. The SMILES string of the molecule is CCCCCCC1CC(O)([13CH2]F)C1. The Morgan fingerprint density at radius 3 is 2.54 bits per heavy atom. The molecule has 0 spiro atoms. The maximum Gasteiger partial charge on any atom is 0.118 e. The Balaban J connectivity index is 1.96. The van der Waals surface area contributed by atoms with Gasteiger partial charge in [0.2, 0.25) is 0 Å². The summed E-state index contributed by atoms with van der Waals surface area (Å²) in [5.74, 6) is 0.595. The highest BCUT2D eigenvalue weighted by Gasteiger charge is 2.41. The summed E-state index contributed by atoms with van der Waals surface area (Å²) in [7, 11) is 0. The fraction of sp³-hybridized carbons (Fsp3) is 1.00. The van der Waals surface area contributed by atoms with E-state index in [2.05, 4.69) is 6.92 Å². The van der Waals surface area contributed by atoms with Crippen molar-refractivity contribution in [3.05, 3.63) is 0 Å². The Morgan fingerprint density at radius 2 is 2.00 bits per heavy atom. The molecule has 0 unspecified atom stereocenters. The van der Waals surface area contributed by atoms with Gasteiger partial charge in [-0.1, -0.05) is 39.0 Å². The predicted molar refractivity (Wildman–Crippen MR) is 52.4 cm³/mol. The molecule has 0 heterocycles. The zero-order valence-corrected chi connectivity index (χ0v) is 8.56. The summed E-state index contributed by atoms with van der Waals surface area (Å²) in [5, 5.41) is 9.42. The van der Waals surface area contributed by atoms with Crippen LogP contribution in [0, 0.1) is 5.92 Å². The molecule has 2 heteroatoms. The van der Waals surface area contributed by atoms with Crippen molar-refractivity contribution >= 4 is 0 Å². The van der Waals surface area contributed by atoms with Crippen LogP contribution in [0.25, 0.3) is 0 Å². The summed E-state index contributed by atoms with van der Waals surface area (Å²) in [4.78, 5) is 0. The lowest BCUT2D eigenvalue weighted by molar-refractivity contribution is -0.0905. The fourth-order valence-electron chi connectivity index (χ4n) is 2.19. The van der Waals surface area contributed by atoms with Crippen LogP contribution in [0.1, 0.15) is 51.9 Å². The summed E-state index contributed by atoms with van der Waals surface area (Å²) in [6, 6.07) is 0. The molecule has 0 aromatic rings. The van der Waals surface area contributed by atoms with Crippen molar-refractivity contribution in [2.75, 3.05) is 6.67 Å². The second kappa shape index (κ2) is 4.94. The molecule has 1 saturated carbocycles. The first kappa shape index (κ1) is 11.0. The molecule has 0 aromatic heterocycles. The van der Waals surface area contributed by atoms with E-state index in [-0.39, 0.29) is 0 Å². The number of halogens is 1. The highest BCUT2D eigenvalue weighted by atomic mass is 19.2. The number of rotatable bonds is 6.